The van der Waals surface area contributed by atoms with E-state index in [1.165, 1.54) is 11.2 Å². The summed E-state index contributed by atoms with van der Waals surface area (Å²) in [7, 11) is 0. The lowest BCUT2D eigenvalue weighted by Crippen LogP contribution is -2.17. The molecule has 0 atom stereocenters. The lowest BCUT2D eigenvalue weighted by atomic mass is 10.3. The summed E-state index contributed by atoms with van der Waals surface area (Å²) >= 11 is 1.67. The zero-order valence-corrected chi connectivity index (χ0v) is 9.05. The van der Waals surface area contributed by atoms with Gasteiger partial charge >= 0.3 is 0 Å². The molecule has 2 aromatic rings. The van der Waals surface area contributed by atoms with Crippen molar-refractivity contribution in [1.29, 1.82) is 0 Å². The fourth-order valence-corrected chi connectivity index (χ4v) is 2.02. The van der Waals surface area contributed by atoms with E-state index < -0.39 is 0 Å². The molecule has 0 aliphatic carbocycles. The van der Waals surface area contributed by atoms with Crippen molar-refractivity contribution in [1.82, 2.24) is 20.5 Å². The number of nitrogens with zero attached hydrogens (tertiary/aromatic N) is 2. The smallest absolute Gasteiger partial charge is 0.137 e. The zero-order valence-electron chi connectivity index (χ0n) is 8.23. The van der Waals surface area contributed by atoms with Gasteiger partial charge in [0.2, 0.25) is 0 Å². The quantitative estimate of drug-likeness (QED) is 0.654. The molecule has 2 rings (SSSR count). The number of hydrogen-bond acceptors (Lipinski definition) is 5. The van der Waals surface area contributed by atoms with Gasteiger partial charge in [0.1, 0.15) is 12.2 Å². The predicted molar refractivity (Wildman–Crippen MR) is 60.5 cm³/mol. The second-order valence-electron chi connectivity index (χ2n) is 3.16. The van der Waals surface area contributed by atoms with Crippen molar-refractivity contribution in [3.63, 3.8) is 0 Å². The molecule has 15 heavy (non-hydrogen) atoms. The monoisotopic (exact) mass is 223 g/mol. The second-order valence-corrected chi connectivity index (χ2v) is 4.16. The number of anilines is 1. The Morgan fingerprint density at radius 3 is 3.13 bits per heavy atom. The molecule has 0 amide bonds. The molecule has 0 saturated carbocycles. The molecule has 0 aliphatic rings. The maximum absolute atomic E-state index is 5.76. The van der Waals surface area contributed by atoms with Crippen LogP contribution in [-0.2, 0) is 13.0 Å². The van der Waals surface area contributed by atoms with Crippen molar-refractivity contribution in [2.24, 2.45) is 0 Å². The molecule has 5 nitrogen and oxygen atoms in total. The zero-order chi connectivity index (χ0) is 10.5. The molecule has 0 spiro atoms. The summed E-state index contributed by atoms with van der Waals surface area (Å²) in [5.41, 5.74) is 6.63. The summed E-state index contributed by atoms with van der Waals surface area (Å²) in [5.74, 6) is 0.904. The van der Waals surface area contributed by atoms with Crippen molar-refractivity contribution in [3.8, 4) is 0 Å². The Balaban J connectivity index is 1.70. The Kier molecular flexibility index (Phi) is 3.31. The van der Waals surface area contributed by atoms with Crippen LogP contribution in [0.15, 0.2) is 17.8 Å². The van der Waals surface area contributed by atoms with E-state index in [9.17, 15) is 0 Å². The standard InChI is InChI=1S/C9H13N5S/c10-7-2-4-15-8(7)5-11-3-1-9-12-6-13-14-9/h2,4,6,11H,1,3,5,10H2,(H,12,13,14). The molecule has 0 unspecified atom stereocenters. The fourth-order valence-electron chi connectivity index (χ4n) is 1.25. The molecular weight excluding hydrogens is 210 g/mol. The van der Waals surface area contributed by atoms with Crippen molar-refractivity contribution < 1.29 is 0 Å². The Hall–Kier alpha value is -1.40. The van der Waals surface area contributed by atoms with E-state index in [-0.39, 0.29) is 0 Å². The van der Waals surface area contributed by atoms with Crippen LogP contribution in [0.3, 0.4) is 0 Å². The third-order valence-corrected chi connectivity index (χ3v) is 3.01. The van der Waals surface area contributed by atoms with Gasteiger partial charge in [0.15, 0.2) is 0 Å². The van der Waals surface area contributed by atoms with Crippen molar-refractivity contribution in [2.45, 2.75) is 13.0 Å². The molecule has 6 heteroatoms. The summed E-state index contributed by atoms with van der Waals surface area (Å²) in [4.78, 5) is 5.23. The summed E-state index contributed by atoms with van der Waals surface area (Å²) in [6.45, 7) is 1.68. The largest absolute Gasteiger partial charge is 0.398 e. The minimum atomic E-state index is 0.817. The number of rotatable bonds is 5. The van der Waals surface area contributed by atoms with Crippen LogP contribution in [-0.4, -0.2) is 21.7 Å². The molecule has 0 fully saturated rings. The maximum Gasteiger partial charge on any atom is 0.137 e. The third-order valence-electron chi connectivity index (χ3n) is 2.07. The van der Waals surface area contributed by atoms with Crippen LogP contribution in [0.4, 0.5) is 5.69 Å². The molecular formula is C9H13N5S. The number of nitrogens with one attached hydrogen (secondary N) is 2. The highest BCUT2D eigenvalue weighted by molar-refractivity contribution is 7.10. The molecule has 2 heterocycles. The number of H-pyrrole nitrogens is 1. The SMILES string of the molecule is Nc1ccsc1CNCCc1ncn[nH]1. The Morgan fingerprint density at radius 1 is 1.53 bits per heavy atom. The summed E-state index contributed by atoms with van der Waals surface area (Å²) in [5, 5.41) is 11.9. The lowest BCUT2D eigenvalue weighted by Gasteiger charge is -2.02. The first-order valence-corrected chi connectivity index (χ1v) is 5.61. The van der Waals surface area contributed by atoms with Crippen LogP contribution in [0, 0.1) is 0 Å². The van der Waals surface area contributed by atoms with Crippen LogP contribution < -0.4 is 11.1 Å². The number of aromatic amines is 1. The Bertz CT molecular complexity index is 394. The first-order chi connectivity index (χ1) is 7.36. The number of thiophene rings is 1. The van der Waals surface area contributed by atoms with Crippen molar-refractivity contribution in [3.05, 3.63) is 28.5 Å². The van der Waals surface area contributed by atoms with Crippen LogP contribution in [0.5, 0.6) is 0 Å². The first-order valence-electron chi connectivity index (χ1n) is 4.73. The summed E-state index contributed by atoms with van der Waals surface area (Å²) in [6.07, 6.45) is 2.37. The van der Waals surface area contributed by atoms with E-state index in [1.54, 1.807) is 11.3 Å². The maximum atomic E-state index is 5.76. The summed E-state index contributed by atoms with van der Waals surface area (Å²) in [6, 6.07) is 1.93. The molecule has 80 valence electrons. The normalized spacial score (nSPS) is 10.7. The van der Waals surface area contributed by atoms with Crippen LogP contribution >= 0.6 is 11.3 Å². The highest BCUT2D eigenvalue weighted by Crippen LogP contribution is 2.17. The highest BCUT2D eigenvalue weighted by atomic mass is 32.1. The average Bonchev–Trinajstić information content (AvgIpc) is 2.85. The van der Waals surface area contributed by atoms with Gasteiger partial charge in [-0.05, 0) is 11.4 Å². The van der Waals surface area contributed by atoms with Gasteiger partial charge in [0, 0.05) is 30.1 Å². The number of aromatic nitrogens is 3. The number of nitrogen functional groups attached to an aromatic ring is 1. The minimum Gasteiger partial charge on any atom is -0.398 e. The lowest BCUT2D eigenvalue weighted by molar-refractivity contribution is 0.678. The van der Waals surface area contributed by atoms with E-state index in [4.69, 9.17) is 5.73 Å². The van der Waals surface area contributed by atoms with Crippen LogP contribution in [0.1, 0.15) is 10.7 Å². The Labute approximate surface area is 91.7 Å². The molecule has 0 aliphatic heterocycles. The molecule has 0 bridgehead atoms. The molecule has 0 aromatic carbocycles. The first kappa shape index (κ1) is 10.1. The molecule has 2 aromatic heterocycles. The second kappa shape index (κ2) is 4.90. The van der Waals surface area contributed by atoms with Crippen LogP contribution in [0.2, 0.25) is 0 Å². The minimum absolute atomic E-state index is 0.817. The Morgan fingerprint density at radius 2 is 2.47 bits per heavy atom. The van der Waals surface area contributed by atoms with Gasteiger partial charge in [-0.2, -0.15) is 5.10 Å². The highest BCUT2D eigenvalue weighted by Gasteiger charge is 2.00. The molecule has 0 radical (unpaired) electrons. The number of nitrogens with two attached hydrogens (primary N) is 1. The van der Waals surface area contributed by atoms with Gasteiger partial charge in [-0.25, -0.2) is 4.98 Å². The molecule has 4 N–H and O–H groups in total. The van der Waals surface area contributed by atoms with Gasteiger partial charge in [-0.3, -0.25) is 5.10 Å². The fraction of sp³-hybridized carbons (Fsp3) is 0.333. The third kappa shape index (κ3) is 2.77. The van der Waals surface area contributed by atoms with E-state index in [1.807, 2.05) is 11.4 Å². The van der Waals surface area contributed by atoms with Gasteiger partial charge < -0.3 is 11.1 Å². The van der Waals surface area contributed by atoms with E-state index in [2.05, 4.69) is 20.5 Å². The van der Waals surface area contributed by atoms with Gasteiger partial charge in [-0.1, -0.05) is 0 Å². The topological polar surface area (TPSA) is 79.6 Å². The van der Waals surface area contributed by atoms with Gasteiger partial charge in [0.05, 0.1) is 0 Å². The molecule has 0 saturated heterocycles. The number of hydrogen-bond donors (Lipinski definition) is 3. The van der Waals surface area contributed by atoms with Crippen molar-refractivity contribution in [2.75, 3.05) is 12.3 Å². The average molecular weight is 223 g/mol. The van der Waals surface area contributed by atoms with E-state index in [0.29, 0.717) is 0 Å². The predicted octanol–water partition coefficient (Wildman–Crippen LogP) is 0.781. The summed E-state index contributed by atoms with van der Waals surface area (Å²) < 4.78 is 0. The van der Waals surface area contributed by atoms with Crippen molar-refractivity contribution >= 4 is 17.0 Å². The van der Waals surface area contributed by atoms with E-state index >= 15 is 0 Å². The van der Waals surface area contributed by atoms with Crippen LogP contribution in [0.25, 0.3) is 0 Å². The van der Waals surface area contributed by atoms with Gasteiger partial charge in [0.25, 0.3) is 0 Å². The van der Waals surface area contributed by atoms with E-state index in [0.717, 1.165) is 31.0 Å². The van der Waals surface area contributed by atoms with Gasteiger partial charge in [-0.15, -0.1) is 11.3 Å².